The van der Waals surface area contributed by atoms with Gasteiger partial charge < -0.3 is 5.32 Å². The van der Waals surface area contributed by atoms with Crippen LogP contribution in [0.25, 0.3) is 0 Å². The fourth-order valence-corrected chi connectivity index (χ4v) is 1.12. The lowest BCUT2D eigenvalue weighted by atomic mass is 9.92. The predicted molar refractivity (Wildman–Crippen MR) is 59.3 cm³/mol. The molecule has 0 aliphatic rings. The summed E-state index contributed by atoms with van der Waals surface area (Å²) in [5, 5.41) is 2.87. The van der Waals surface area contributed by atoms with E-state index in [9.17, 15) is 4.79 Å². The molecule has 4 nitrogen and oxygen atoms in total. The maximum Gasteiger partial charge on any atom is 0.229 e. The minimum atomic E-state index is 0.0118. The minimum Gasteiger partial charge on any atom is -0.359 e. The quantitative estimate of drug-likeness (QED) is 0.507. The predicted octanol–water partition coefficient (Wildman–Crippen LogP) is 1.09. The van der Waals surface area contributed by atoms with E-state index in [1.807, 2.05) is 20.8 Å². The fraction of sp³-hybridized carbons (Fsp3) is 0.800. The zero-order valence-electron chi connectivity index (χ0n) is 10.0. The van der Waals surface area contributed by atoms with Gasteiger partial charge in [-0.3, -0.25) is 14.7 Å². The molecule has 0 aromatic rings. The van der Waals surface area contributed by atoms with Crippen molar-refractivity contribution in [3.63, 3.8) is 0 Å². The molecular weight excluding hydrogens is 178 g/mol. The maximum atomic E-state index is 11.7. The minimum absolute atomic E-state index is 0.0118. The fourth-order valence-electron chi connectivity index (χ4n) is 1.12. The molecule has 0 aromatic carbocycles. The van der Waals surface area contributed by atoms with Crippen LogP contribution < -0.4 is 5.32 Å². The van der Waals surface area contributed by atoms with Gasteiger partial charge in [0.2, 0.25) is 5.91 Å². The number of nitrogens with zero attached hydrogens (tertiary/aromatic N) is 2. The first-order chi connectivity index (χ1) is 6.31. The average molecular weight is 199 g/mol. The van der Waals surface area contributed by atoms with Crippen molar-refractivity contribution in [2.24, 2.45) is 10.4 Å². The third-order valence-electron chi connectivity index (χ3n) is 1.81. The van der Waals surface area contributed by atoms with Crippen LogP contribution in [0, 0.1) is 5.41 Å². The van der Waals surface area contributed by atoms with Gasteiger partial charge in [0.25, 0.3) is 0 Å². The second kappa shape index (κ2) is 4.98. The molecule has 0 saturated carbocycles. The zero-order chi connectivity index (χ0) is 11.4. The van der Waals surface area contributed by atoms with Gasteiger partial charge in [-0.15, -0.1) is 0 Å². The van der Waals surface area contributed by atoms with Gasteiger partial charge in [0.15, 0.2) is 5.96 Å². The molecule has 0 atom stereocenters. The molecule has 0 rings (SSSR count). The Bertz CT molecular complexity index is 228. The molecule has 14 heavy (non-hydrogen) atoms. The van der Waals surface area contributed by atoms with E-state index < -0.39 is 0 Å². The summed E-state index contributed by atoms with van der Waals surface area (Å²) in [6.07, 6.45) is 0.518. The summed E-state index contributed by atoms with van der Waals surface area (Å²) in [6, 6.07) is 0. The number of carbonyl (C=O) groups excluding carboxylic acids is 1. The van der Waals surface area contributed by atoms with Crippen molar-refractivity contribution in [3.8, 4) is 0 Å². The van der Waals surface area contributed by atoms with E-state index in [0.29, 0.717) is 12.4 Å². The first-order valence-corrected chi connectivity index (χ1v) is 4.73. The Morgan fingerprint density at radius 3 is 2.21 bits per heavy atom. The van der Waals surface area contributed by atoms with Crippen molar-refractivity contribution in [1.29, 1.82) is 0 Å². The van der Waals surface area contributed by atoms with Gasteiger partial charge in [0.05, 0.1) is 0 Å². The van der Waals surface area contributed by atoms with Crippen LogP contribution >= 0.6 is 0 Å². The summed E-state index contributed by atoms with van der Waals surface area (Å²) in [4.78, 5) is 17.2. The molecule has 1 N–H and O–H groups in total. The van der Waals surface area contributed by atoms with E-state index in [-0.39, 0.29) is 11.3 Å². The molecule has 0 radical (unpaired) electrons. The number of aliphatic imine (C=N–C) groups is 1. The lowest BCUT2D eigenvalue weighted by molar-refractivity contribution is -0.128. The van der Waals surface area contributed by atoms with Gasteiger partial charge in [0.1, 0.15) is 0 Å². The van der Waals surface area contributed by atoms with Crippen LogP contribution in [0.4, 0.5) is 0 Å². The molecule has 0 heterocycles. The Hall–Kier alpha value is -1.06. The number of hydrogen-bond acceptors (Lipinski definition) is 2. The number of nitrogens with one attached hydrogen (secondary N) is 1. The van der Waals surface area contributed by atoms with Gasteiger partial charge in [0, 0.05) is 27.6 Å². The summed E-state index contributed by atoms with van der Waals surface area (Å²) in [7, 11) is 5.14. The van der Waals surface area contributed by atoms with Crippen LogP contribution in [0.1, 0.15) is 27.2 Å². The van der Waals surface area contributed by atoms with Crippen LogP contribution in [-0.2, 0) is 4.79 Å². The topological polar surface area (TPSA) is 44.7 Å². The Balaban J connectivity index is 4.40. The van der Waals surface area contributed by atoms with E-state index in [0.717, 1.165) is 0 Å². The monoisotopic (exact) mass is 199 g/mol. The Morgan fingerprint density at radius 2 is 1.93 bits per heavy atom. The molecule has 0 unspecified atom stereocenters. The smallest absolute Gasteiger partial charge is 0.229 e. The number of hydrogen-bond donors (Lipinski definition) is 1. The highest BCUT2D eigenvalue weighted by Crippen LogP contribution is 2.19. The normalized spacial score (nSPS) is 12.6. The molecule has 0 aliphatic carbocycles. The van der Waals surface area contributed by atoms with Crippen molar-refractivity contribution in [2.75, 3.05) is 21.1 Å². The molecule has 0 spiro atoms. The highest BCUT2D eigenvalue weighted by molar-refractivity contribution is 5.96. The van der Waals surface area contributed by atoms with Crippen LogP contribution in [0.2, 0.25) is 0 Å². The molecule has 0 fully saturated rings. The van der Waals surface area contributed by atoms with Crippen molar-refractivity contribution < 1.29 is 4.79 Å². The molecular formula is C10H21N3O. The average Bonchev–Trinajstić information content (AvgIpc) is 2.03. The molecule has 0 bridgehead atoms. The highest BCUT2D eigenvalue weighted by atomic mass is 16.2. The van der Waals surface area contributed by atoms with E-state index in [2.05, 4.69) is 10.3 Å². The Labute approximate surface area is 86.4 Å². The highest BCUT2D eigenvalue weighted by Gasteiger charge is 2.20. The van der Waals surface area contributed by atoms with E-state index >= 15 is 0 Å². The van der Waals surface area contributed by atoms with E-state index in [1.54, 1.807) is 26.0 Å². The van der Waals surface area contributed by atoms with Gasteiger partial charge in [-0.05, 0) is 5.41 Å². The molecule has 0 saturated heterocycles. The van der Waals surface area contributed by atoms with Crippen molar-refractivity contribution >= 4 is 11.9 Å². The van der Waals surface area contributed by atoms with Crippen LogP contribution in [0.15, 0.2) is 4.99 Å². The van der Waals surface area contributed by atoms with Gasteiger partial charge in [-0.25, -0.2) is 0 Å². The summed E-state index contributed by atoms with van der Waals surface area (Å²) in [5.74, 6) is 0.673. The van der Waals surface area contributed by atoms with Crippen LogP contribution in [-0.4, -0.2) is 37.9 Å². The lowest BCUT2D eigenvalue weighted by Crippen LogP contribution is -2.41. The molecule has 4 heteroatoms. The van der Waals surface area contributed by atoms with Crippen LogP contribution in [0.5, 0.6) is 0 Å². The maximum absolute atomic E-state index is 11.7. The Morgan fingerprint density at radius 1 is 1.43 bits per heavy atom. The number of carbonyl (C=O) groups is 1. The summed E-state index contributed by atoms with van der Waals surface area (Å²) in [6.45, 7) is 6.13. The first-order valence-electron chi connectivity index (χ1n) is 4.73. The lowest BCUT2D eigenvalue weighted by Gasteiger charge is -2.23. The third kappa shape index (κ3) is 4.25. The molecule has 0 aromatic heterocycles. The summed E-state index contributed by atoms with van der Waals surface area (Å²) in [5.41, 5.74) is 0.0118. The number of amides is 1. The second-order valence-electron chi connectivity index (χ2n) is 4.49. The summed E-state index contributed by atoms with van der Waals surface area (Å²) >= 11 is 0. The zero-order valence-corrected chi connectivity index (χ0v) is 10.0. The van der Waals surface area contributed by atoms with Crippen molar-refractivity contribution in [2.45, 2.75) is 27.2 Å². The molecule has 82 valence electrons. The first kappa shape index (κ1) is 12.9. The number of guanidine groups is 1. The van der Waals surface area contributed by atoms with Crippen LogP contribution in [0.3, 0.4) is 0 Å². The Kier molecular flexibility index (Phi) is 4.60. The largest absolute Gasteiger partial charge is 0.359 e. The van der Waals surface area contributed by atoms with E-state index in [1.165, 1.54) is 0 Å². The van der Waals surface area contributed by atoms with Gasteiger partial charge >= 0.3 is 0 Å². The standard InChI is InChI=1S/C10H21N3O/c1-10(2,3)7-8(14)13(6)9(11-4)12-5/h7H2,1-6H3,(H,11,12). The molecule has 1 amide bonds. The van der Waals surface area contributed by atoms with Gasteiger partial charge in [-0.1, -0.05) is 20.8 Å². The SMILES string of the molecule is CN=C(NC)N(C)C(=O)CC(C)(C)C. The van der Waals surface area contributed by atoms with Crippen molar-refractivity contribution in [1.82, 2.24) is 10.2 Å². The third-order valence-corrected chi connectivity index (χ3v) is 1.81. The second-order valence-corrected chi connectivity index (χ2v) is 4.49. The van der Waals surface area contributed by atoms with Gasteiger partial charge in [-0.2, -0.15) is 0 Å². The molecule has 0 aliphatic heterocycles. The number of rotatable bonds is 1. The van der Waals surface area contributed by atoms with E-state index in [4.69, 9.17) is 0 Å². The van der Waals surface area contributed by atoms with Crippen molar-refractivity contribution in [3.05, 3.63) is 0 Å². The summed E-state index contributed by atoms with van der Waals surface area (Å²) < 4.78 is 0.